The molecule has 0 aromatic heterocycles. The predicted octanol–water partition coefficient (Wildman–Crippen LogP) is 7.91. The molecule has 1 aromatic rings. The van der Waals surface area contributed by atoms with E-state index in [1.165, 1.54) is 76.3 Å². The van der Waals surface area contributed by atoms with Crippen LogP contribution in [0, 0.1) is 47.1 Å². The zero-order valence-electron chi connectivity index (χ0n) is 18.8. The van der Waals surface area contributed by atoms with E-state index >= 15 is 0 Å². The summed E-state index contributed by atoms with van der Waals surface area (Å²) in [5.74, 6) is 7.28. The van der Waals surface area contributed by atoms with E-state index in [-0.39, 0.29) is 11.3 Å². The fourth-order valence-corrected chi connectivity index (χ4v) is 5.44. The van der Waals surface area contributed by atoms with Crippen LogP contribution in [0.25, 0.3) is 0 Å². The molecule has 1 nitrogen and oxygen atoms in total. The molecule has 3 rings (SSSR count). The number of hydrogen-bond acceptors (Lipinski definition) is 1. The SMILES string of the molecule is CCCCC[C@H]1CC[C@H]([C@H]2CC[C@H](C#Cc3ccc(OCC)c(F)c3F)CC2)CC1. The molecule has 1 aromatic carbocycles. The van der Waals surface area contributed by atoms with Gasteiger partial charge in [-0.1, -0.05) is 57.3 Å². The van der Waals surface area contributed by atoms with Crippen LogP contribution < -0.4 is 4.74 Å². The van der Waals surface area contributed by atoms with Gasteiger partial charge in [-0.2, -0.15) is 4.39 Å². The lowest BCUT2D eigenvalue weighted by Crippen LogP contribution is -2.25. The Labute approximate surface area is 182 Å². The number of unbranched alkanes of at least 4 members (excludes halogenated alkanes) is 2. The third-order valence-electron chi connectivity index (χ3n) is 7.30. The van der Waals surface area contributed by atoms with E-state index in [4.69, 9.17) is 4.74 Å². The summed E-state index contributed by atoms with van der Waals surface area (Å²) in [7, 11) is 0. The van der Waals surface area contributed by atoms with Crippen molar-refractivity contribution in [3.8, 4) is 17.6 Å². The molecular weight excluding hydrogens is 378 g/mol. The van der Waals surface area contributed by atoms with E-state index in [9.17, 15) is 8.78 Å². The summed E-state index contributed by atoms with van der Waals surface area (Å²) in [4.78, 5) is 0. The summed E-state index contributed by atoms with van der Waals surface area (Å²) in [6, 6.07) is 3.00. The first-order chi connectivity index (χ1) is 14.6. The third kappa shape index (κ3) is 6.22. The zero-order chi connectivity index (χ0) is 21.3. The molecule has 0 atom stereocenters. The highest BCUT2D eigenvalue weighted by atomic mass is 19.2. The lowest BCUT2D eigenvalue weighted by atomic mass is 9.69. The summed E-state index contributed by atoms with van der Waals surface area (Å²) in [5, 5.41) is 0. The molecule has 0 heterocycles. The lowest BCUT2D eigenvalue weighted by molar-refractivity contribution is 0.153. The van der Waals surface area contributed by atoms with Crippen molar-refractivity contribution in [2.75, 3.05) is 6.61 Å². The Kier molecular flexibility index (Phi) is 9.04. The summed E-state index contributed by atoms with van der Waals surface area (Å²) in [6.45, 7) is 4.34. The van der Waals surface area contributed by atoms with Gasteiger partial charge >= 0.3 is 0 Å². The van der Waals surface area contributed by atoms with Crippen LogP contribution in [-0.4, -0.2) is 6.61 Å². The van der Waals surface area contributed by atoms with Crippen molar-refractivity contribution < 1.29 is 13.5 Å². The first-order valence-corrected chi connectivity index (χ1v) is 12.2. The van der Waals surface area contributed by atoms with Crippen molar-refractivity contribution in [3.05, 3.63) is 29.3 Å². The molecule has 166 valence electrons. The van der Waals surface area contributed by atoms with Crippen molar-refractivity contribution in [3.63, 3.8) is 0 Å². The van der Waals surface area contributed by atoms with Gasteiger partial charge in [0.2, 0.25) is 5.82 Å². The number of benzene rings is 1. The first-order valence-electron chi connectivity index (χ1n) is 12.2. The maximum atomic E-state index is 14.2. The van der Waals surface area contributed by atoms with Crippen LogP contribution in [0.2, 0.25) is 0 Å². The van der Waals surface area contributed by atoms with Gasteiger partial charge in [0.05, 0.1) is 12.2 Å². The Bertz CT molecular complexity index is 716. The smallest absolute Gasteiger partial charge is 0.201 e. The van der Waals surface area contributed by atoms with Gasteiger partial charge < -0.3 is 4.74 Å². The number of halogens is 2. The van der Waals surface area contributed by atoms with Crippen molar-refractivity contribution in [1.29, 1.82) is 0 Å². The quantitative estimate of drug-likeness (QED) is 0.324. The average Bonchev–Trinajstić information content (AvgIpc) is 2.78. The molecule has 0 bridgehead atoms. The standard InChI is InChI=1S/C27H38F2O/c1-3-5-6-7-20-8-13-22(14-9-20)23-15-10-21(11-16-23)12-17-24-18-19-25(30-4-2)27(29)26(24)28/h18-23H,3-11,13-16H2,1-2H3/t20-,21-,22-,23-. The van der Waals surface area contributed by atoms with E-state index < -0.39 is 11.6 Å². The Morgan fingerprint density at radius 1 is 0.867 bits per heavy atom. The zero-order valence-corrected chi connectivity index (χ0v) is 18.8. The molecule has 0 amide bonds. The van der Waals surface area contributed by atoms with Crippen LogP contribution >= 0.6 is 0 Å². The van der Waals surface area contributed by atoms with Crippen LogP contribution in [-0.2, 0) is 0 Å². The van der Waals surface area contributed by atoms with Crippen molar-refractivity contribution in [2.45, 2.75) is 90.9 Å². The monoisotopic (exact) mass is 416 g/mol. The minimum atomic E-state index is -0.933. The fraction of sp³-hybridized carbons (Fsp3) is 0.704. The van der Waals surface area contributed by atoms with Crippen molar-refractivity contribution in [2.24, 2.45) is 23.7 Å². The highest BCUT2D eigenvalue weighted by Crippen LogP contribution is 2.42. The molecule has 2 fully saturated rings. The first kappa shape index (κ1) is 23.1. The van der Waals surface area contributed by atoms with E-state index in [2.05, 4.69) is 18.8 Å². The molecule has 0 aliphatic heterocycles. The van der Waals surface area contributed by atoms with E-state index in [1.807, 2.05) is 0 Å². The number of ether oxygens (including phenoxy) is 1. The second-order valence-corrected chi connectivity index (χ2v) is 9.33. The molecule has 0 radical (unpaired) electrons. The Morgan fingerprint density at radius 3 is 2.17 bits per heavy atom. The van der Waals surface area contributed by atoms with Gasteiger partial charge in [0.1, 0.15) is 0 Å². The summed E-state index contributed by atoms with van der Waals surface area (Å²) in [5.41, 5.74) is 0.138. The van der Waals surface area contributed by atoms with Crippen molar-refractivity contribution >= 4 is 0 Å². The summed E-state index contributed by atoms with van der Waals surface area (Å²) >= 11 is 0. The maximum Gasteiger partial charge on any atom is 0.201 e. The van der Waals surface area contributed by atoms with Crippen LogP contribution in [0.4, 0.5) is 8.78 Å². The topological polar surface area (TPSA) is 9.23 Å². The second-order valence-electron chi connectivity index (χ2n) is 9.33. The molecular formula is C27H38F2O. The lowest BCUT2D eigenvalue weighted by Gasteiger charge is -2.37. The van der Waals surface area contributed by atoms with Gasteiger partial charge in [0.25, 0.3) is 0 Å². The predicted molar refractivity (Wildman–Crippen MR) is 119 cm³/mol. The van der Waals surface area contributed by atoms with E-state index in [0.717, 1.165) is 30.6 Å². The van der Waals surface area contributed by atoms with E-state index in [0.29, 0.717) is 12.5 Å². The van der Waals surface area contributed by atoms with Crippen LogP contribution in [0.15, 0.2) is 12.1 Å². The van der Waals surface area contributed by atoms with Gasteiger partial charge in [0, 0.05) is 5.92 Å². The normalized spacial score (nSPS) is 26.7. The van der Waals surface area contributed by atoms with E-state index in [1.54, 1.807) is 6.92 Å². The summed E-state index contributed by atoms with van der Waals surface area (Å²) < 4.78 is 33.3. The molecule has 2 aliphatic rings. The molecule has 0 N–H and O–H groups in total. The maximum absolute atomic E-state index is 14.2. The molecule has 2 aliphatic carbocycles. The fourth-order valence-electron chi connectivity index (χ4n) is 5.44. The Balaban J connectivity index is 1.45. The van der Waals surface area contributed by atoms with Crippen LogP contribution in [0.1, 0.15) is 96.5 Å². The molecule has 3 heteroatoms. The van der Waals surface area contributed by atoms with Crippen LogP contribution in [0.3, 0.4) is 0 Å². The second kappa shape index (κ2) is 11.7. The highest BCUT2D eigenvalue weighted by molar-refractivity contribution is 5.41. The largest absolute Gasteiger partial charge is 0.491 e. The molecule has 30 heavy (non-hydrogen) atoms. The average molecular weight is 417 g/mol. The Hall–Kier alpha value is -1.56. The van der Waals surface area contributed by atoms with Gasteiger partial charge in [-0.25, -0.2) is 4.39 Å². The van der Waals surface area contributed by atoms with Gasteiger partial charge in [-0.3, -0.25) is 0 Å². The Morgan fingerprint density at radius 2 is 1.53 bits per heavy atom. The highest BCUT2D eigenvalue weighted by Gasteiger charge is 2.30. The van der Waals surface area contributed by atoms with Crippen LogP contribution in [0.5, 0.6) is 5.75 Å². The van der Waals surface area contributed by atoms with Crippen molar-refractivity contribution in [1.82, 2.24) is 0 Å². The molecule has 0 spiro atoms. The molecule has 2 saturated carbocycles. The summed E-state index contributed by atoms with van der Waals surface area (Å²) in [6.07, 6.45) is 15.9. The number of hydrogen-bond donors (Lipinski definition) is 0. The van der Waals surface area contributed by atoms with Gasteiger partial charge in [-0.15, -0.1) is 0 Å². The molecule has 0 unspecified atom stereocenters. The number of rotatable bonds is 7. The molecule has 0 saturated heterocycles. The minimum absolute atomic E-state index is 0.0406. The minimum Gasteiger partial charge on any atom is -0.491 e. The van der Waals surface area contributed by atoms with Gasteiger partial charge in [0.15, 0.2) is 11.6 Å². The van der Waals surface area contributed by atoms with Gasteiger partial charge in [-0.05, 0) is 75.3 Å². The third-order valence-corrected chi connectivity index (χ3v) is 7.30.